The van der Waals surface area contributed by atoms with Gasteiger partial charge in [0.1, 0.15) is 12.4 Å². The molecule has 1 aromatic rings. The predicted molar refractivity (Wildman–Crippen MR) is 82.8 cm³/mol. The van der Waals surface area contributed by atoms with E-state index in [0.717, 1.165) is 18.6 Å². The predicted octanol–water partition coefficient (Wildman–Crippen LogP) is 2.29. The van der Waals surface area contributed by atoms with Crippen LogP contribution in [-0.4, -0.2) is 46.4 Å². The van der Waals surface area contributed by atoms with Gasteiger partial charge in [-0.15, -0.1) is 0 Å². The molecule has 2 N–H and O–H groups in total. The van der Waals surface area contributed by atoms with Crippen molar-refractivity contribution in [1.29, 1.82) is 0 Å². The number of nitrogens with one attached hydrogen (secondary N) is 2. The molecular formula is C15H22F3N3O2. The van der Waals surface area contributed by atoms with Crippen LogP contribution in [0.2, 0.25) is 0 Å². The van der Waals surface area contributed by atoms with Crippen molar-refractivity contribution >= 4 is 5.96 Å². The van der Waals surface area contributed by atoms with Crippen LogP contribution in [0.15, 0.2) is 29.3 Å². The number of nitrogens with zero attached hydrogens (tertiary/aromatic N) is 1. The third-order valence-electron chi connectivity index (χ3n) is 2.87. The van der Waals surface area contributed by atoms with Crippen LogP contribution < -0.4 is 15.4 Å². The maximum Gasteiger partial charge on any atom is 0.416 e. The van der Waals surface area contributed by atoms with Crippen LogP contribution in [0.5, 0.6) is 5.75 Å². The molecule has 5 nitrogen and oxygen atoms in total. The minimum atomic E-state index is -4.37. The number of rotatable bonds is 8. The quantitative estimate of drug-likeness (QED) is 0.435. The minimum Gasteiger partial charge on any atom is -0.492 e. The smallest absolute Gasteiger partial charge is 0.416 e. The summed E-state index contributed by atoms with van der Waals surface area (Å²) in [5, 5.41) is 6.10. The Kier molecular flexibility index (Phi) is 8.25. The average Bonchev–Trinajstić information content (AvgIpc) is 2.53. The molecule has 0 saturated heterocycles. The van der Waals surface area contributed by atoms with E-state index in [4.69, 9.17) is 9.47 Å². The number of hydrogen-bond acceptors (Lipinski definition) is 3. The summed E-state index contributed by atoms with van der Waals surface area (Å²) >= 11 is 0. The number of ether oxygens (including phenoxy) is 2. The summed E-state index contributed by atoms with van der Waals surface area (Å²) in [5.74, 6) is 0.790. The highest BCUT2D eigenvalue weighted by atomic mass is 19.4. The monoisotopic (exact) mass is 333 g/mol. The van der Waals surface area contributed by atoms with Gasteiger partial charge in [-0.05, 0) is 24.6 Å². The van der Waals surface area contributed by atoms with E-state index in [1.807, 2.05) is 0 Å². The van der Waals surface area contributed by atoms with Crippen LogP contribution in [0.25, 0.3) is 0 Å². The van der Waals surface area contributed by atoms with Crippen LogP contribution in [0, 0.1) is 0 Å². The van der Waals surface area contributed by atoms with Crippen LogP contribution in [0.1, 0.15) is 12.0 Å². The van der Waals surface area contributed by atoms with Crippen molar-refractivity contribution in [2.75, 3.05) is 40.5 Å². The van der Waals surface area contributed by atoms with Crippen molar-refractivity contribution in [3.05, 3.63) is 29.8 Å². The van der Waals surface area contributed by atoms with E-state index >= 15 is 0 Å². The molecule has 0 heterocycles. The maximum absolute atomic E-state index is 12.6. The molecule has 1 aromatic carbocycles. The molecule has 0 saturated carbocycles. The molecule has 0 fully saturated rings. The number of guanidine groups is 1. The molecule has 0 bridgehead atoms. The highest BCUT2D eigenvalue weighted by molar-refractivity contribution is 5.79. The number of aliphatic imine (C=N–C) groups is 1. The lowest BCUT2D eigenvalue weighted by atomic mass is 10.2. The van der Waals surface area contributed by atoms with E-state index < -0.39 is 11.7 Å². The van der Waals surface area contributed by atoms with Crippen molar-refractivity contribution < 1.29 is 22.6 Å². The van der Waals surface area contributed by atoms with Crippen molar-refractivity contribution in [3.8, 4) is 5.75 Å². The topological polar surface area (TPSA) is 54.9 Å². The van der Waals surface area contributed by atoms with Gasteiger partial charge in [0.2, 0.25) is 0 Å². The summed E-state index contributed by atoms with van der Waals surface area (Å²) in [6, 6.07) is 4.81. The lowest BCUT2D eigenvalue weighted by Crippen LogP contribution is -2.39. The zero-order valence-corrected chi connectivity index (χ0v) is 13.2. The summed E-state index contributed by atoms with van der Waals surface area (Å²) in [7, 11) is 3.28. The highest BCUT2D eigenvalue weighted by Crippen LogP contribution is 2.31. The van der Waals surface area contributed by atoms with Gasteiger partial charge in [-0.2, -0.15) is 13.2 Å². The summed E-state index contributed by atoms with van der Waals surface area (Å²) in [6.45, 7) is 2.00. The Hall–Kier alpha value is -1.96. The zero-order chi connectivity index (χ0) is 17.1. The summed E-state index contributed by atoms with van der Waals surface area (Å²) in [4.78, 5) is 4.03. The first-order valence-electron chi connectivity index (χ1n) is 7.21. The Morgan fingerprint density at radius 1 is 1.17 bits per heavy atom. The summed E-state index contributed by atoms with van der Waals surface area (Å²) in [5.41, 5.74) is -0.724. The SMILES string of the molecule is CN=C(NCCCOC)NCCOc1cccc(C(F)(F)F)c1. The van der Waals surface area contributed by atoms with Crippen molar-refractivity contribution in [1.82, 2.24) is 10.6 Å². The third kappa shape index (κ3) is 7.73. The summed E-state index contributed by atoms with van der Waals surface area (Å²) in [6.07, 6.45) is -3.52. The van der Waals surface area contributed by atoms with E-state index in [-0.39, 0.29) is 12.4 Å². The third-order valence-corrected chi connectivity index (χ3v) is 2.87. The number of alkyl halides is 3. The molecule has 1 rings (SSSR count). The highest BCUT2D eigenvalue weighted by Gasteiger charge is 2.30. The second kappa shape index (κ2) is 9.94. The first kappa shape index (κ1) is 19.1. The largest absolute Gasteiger partial charge is 0.492 e. The van der Waals surface area contributed by atoms with E-state index in [2.05, 4.69) is 15.6 Å². The van der Waals surface area contributed by atoms with Crippen LogP contribution >= 0.6 is 0 Å². The van der Waals surface area contributed by atoms with Crippen molar-refractivity contribution in [3.63, 3.8) is 0 Å². The molecule has 0 radical (unpaired) electrons. The Labute approximate surface area is 133 Å². The molecule has 0 unspecified atom stereocenters. The van der Waals surface area contributed by atoms with Crippen LogP contribution in [-0.2, 0) is 10.9 Å². The fourth-order valence-electron chi connectivity index (χ4n) is 1.74. The number of methoxy groups -OCH3 is 1. The maximum atomic E-state index is 12.6. The first-order valence-corrected chi connectivity index (χ1v) is 7.21. The van der Waals surface area contributed by atoms with E-state index in [0.29, 0.717) is 25.7 Å². The van der Waals surface area contributed by atoms with Crippen LogP contribution in [0.3, 0.4) is 0 Å². The van der Waals surface area contributed by atoms with Gasteiger partial charge in [0.25, 0.3) is 0 Å². The second-order valence-corrected chi connectivity index (χ2v) is 4.65. The Morgan fingerprint density at radius 2 is 1.91 bits per heavy atom. The van der Waals surface area contributed by atoms with Gasteiger partial charge in [0.15, 0.2) is 5.96 Å². The fraction of sp³-hybridized carbons (Fsp3) is 0.533. The molecule has 130 valence electrons. The van der Waals surface area contributed by atoms with Crippen molar-refractivity contribution in [2.45, 2.75) is 12.6 Å². The second-order valence-electron chi connectivity index (χ2n) is 4.65. The van der Waals surface area contributed by atoms with Gasteiger partial charge >= 0.3 is 6.18 Å². The Bertz CT molecular complexity index is 493. The number of hydrogen-bond donors (Lipinski definition) is 2. The average molecular weight is 333 g/mol. The minimum absolute atomic E-state index is 0.185. The van der Waals surface area contributed by atoms with Crippen LogP contribution in [0.4, 0.5) is 13.2 Å². The molecule has 0 spiro atoms. The molecule has 23 heavy (non-hydrogen) atoms. The normalized spacial score (nSPS) is 12.1. The molecule has 0 aliphatic carbocycles. The first-order chi connectivity index (χ1) is 11.0. The molecule has 0 aromatic heterocycles. The zero-order valence-electron chi connectivity index (χ0n) is 13.2. The van der Waals surface area contributed by atoms with Gasteiger partial charge in [0, 0.05) is 27.3 Å². The van der Waals surface area contributed by atoms with Crippen molar-refractivity contribution in [2.24, 2.45) is 4.99 Å². The van der Waals surface area contributed by atoms with E-state index in [1.54, 1.807) is 14.2 Å². The molecule has 0 amide bonds. The molecular weight excluding hydrogens is 311 g/mol. The Morgan fingerprint density at radius 3 is 2.57 bits per heavy atom. The molecule has 8 heteroatoms. The summed E-state index contributed by atoms with van der Waals surface area (Å²) < 4.78 is 48.0. The van der Waals surface area contributed by atoms with E-state index in [9.17, 15) is 13.2 Å². The lowest BCUT2D eigenvalue weighted by molar-refractivity contribution is -0.137. The van der Waals surface area contributed by atoms with E-state index in [1.165, 1.54) is 12.1 Å². The molecule has 0 aliphatic heterocycles. The fourth-order valence-corrected chi connectivity index (χ4v) is 1.74. The molecule has 0 atom stereocenters. The standard InChI is InChI=1S/C15H22F3N3O2/c1-19-14(20-7-4-9-22-2)21-8-10-23-13-6-3-5-12(11-13)15(16,17)18/h3,5-6,11H,4,7-10H2,1-2H3,(H2,19,20,21). The number of benzene rings is 1. The molecule has 0 aliphatic rings. The van der Waals surface area contributed by atoms with Gasteiger partial charge < -0.3 is 20.1 Å². The van der Waals surface area contributed by atoms with Gasteiger partial charge in [-0.25, -0.2) is 0 Å². The lowest BCUT2D eigenvalue weighted by Gasteiger charge is -2.13. The van der Waals surface area contributed by atoms with Gasteiger partial charge in [-0.3, -0.25) is 4.99 Å². The van der Waals surface area contributed by atoms with Gasteiger partial charge in [0.05, 0.1) is 12.1 Å². The van der Waals surface area contributed by atoms with Gasteiger partial charge in [-0.1, -0.05) is 6.07 Å². The Balaban J connectivity index is 2.31. The number of halogens is 3.